The van der Waals surface area contributed by atoms with E-state index in [9.17, 15) is 0 Å². The lowest BCUT2D eigenvalue weighted by molar-refractivity contribution is 0.281. The maximum Gasteiger partial charge on any atom is 0.128 e. The van der Waals surface area contributed by atoms with Gasteiger partial charge in [0.1, 0.15) is 11.5 Å². The third kappa shape index (κ3) is 2.58. The van der Waals surface area contributed by atoms with Crippen molar-refractivity contribution in [1.82, 2.24) is 0 Å². The Morgan fingerprint density at radius 1 is 1.07 bits per heavy atom. The predicted molar refractivity (Wildman–Crippen MR) is 57.7 cm³/mol. The largest absolute Gasteiger partial charge is 0.457 e. The Morgan fingerprint density at radius 2 is 1.87 bits per heavy atom. The van der Waals surface area contributed by atoms with Crippen LogP contribution in [0, 0.1) is 6.07 Å². The van der Waals surface area contributed by atoms with E-state index in [2.05, 4.69) is 6.07 Å². The molecule has 0 amide bonds. The highest BCUT2D eigenvalue weighted by molar-refractivity contribution is 5.32. The minimum atomic E-state index is 0.0550. The van der Waals surface area contributed by atoms with Gasteiger partial charge in [0.25, 0.3) is 0 Å². The Labute approximate surface area is 88.8 Å². The Balaban J connectivity index is 2.11. The van der Waals surface area contributed by atoms with Gasteiger partial charge in [0.2, 0.25) is 0 Å². The van der Waals surface area contributed by atoms with Gasteiger partial charge in [-0.3, -0.25) is 0 Å². The number of hydrogen-bond donors (Lipinski definition) is 1. The van der Waals surface area contributed by atoms with Crippen molar-refractivity contribution in [2.45, 2.75) is 6.61 Å². The molecular weight excluding hydrogens is 188 g/mol. The van der Waals surface area contributed by atoms with Gasteiger partial charge in [-0.1, -0.05) is 24.3 Å². The lowest BCUT2D eigenvalue weighted by Gasteiger charge is -2.05. The smallest absolute Gasteiger partial charge is 0.128 e. The van der Waals surface area contributed by atoms with Crippen LogP contribution < -0.4 is 4.74 Å². The molecule has 0 aromatic heterocycles. The highest BCUT2D eigenvalue weighted by Gasteiger charge is 1.96. The first-order chi connectivity index (χ1) is 7.38. The van der Waals surface area contributed by atoms with Crippen LogP contribution in [0.15, 0.2) is 48.5 Å². The summed E-state index contributed by atoms with van der Waals surface area (Å²) in [5.41, 5.74) is 0.877. The van der Waals surface area contributed by atoms with Crippen LogP contribution in [0.1, 0.15) is 5.56 Å². The molecule has 0 aliphatic rings. The molecule has 0 saturated carbocycles. The van der Waals surface area contributed by atoms with Crippen molar-refractivity contribution in [3.63, 3.8) is 0 Å². The number of rotatable bonds is 3. The normalized spacial score (nSPS) is 9.93. The average molecular weight is 199 g/mol. The zero-order chi connectivity index (χ0) is 10.5. The molecule has 1 N–H and O–H groups in total. The van der Waals surface area contributed by atoms with E-state index in [4.69, 9.17) is 9.84 Å². The number of aliphatic hydroxyl groups is 1. The SMILES string of the molecule is OCc1ccc(Oc2c[c]ccc2)cc1. The molecule has 0 fully saturated rings. The molecule has 0 saturated heterocycles. The summed E-state index contributed by atoms with van der Waals surface area (Å²) in [7, 11) is 0. The Bertz CT molecular complexity index is 406. The van der Waals surface area contributed by atoms with E-state index in [1.54, 1.807) is 6.07 Å². The molecule has 75 valence electrons. The van der Waals surface area contributed by atoms with Gasteiger partial charge in [-0.2, -0.15) is 0 Å². The average Bonchev–Trinajstić information content (AvgIpc) is 2.31. The first kappa shape index (κ1) is 9.74. The van der Waals surface area contributed by atoms with E-state index in [1.165, 1.54) is 0 Å². The third-order valence-electron chi connectivity index (χ3n) is 2.02. The molecule has 0 heterocycles. The van der Waals surface area contributed by atoms with Crippen LogP contribution in [0.5, 0.6) is 11.5 Å². The van der Waals surface area contributed by atoms with Crippen molar-refractivity contribution in [3.05, 3.63) is 60.2 Å². The van der Waals surface area contributed by atoms with Crippen molar-refractivity contribution < 1.29 is 9.84 Å². The van der Waals surface area contributed by atoms with Gasteiger partial charge in [-0.25, -0.2) is 0 Å². The standard InChI is InChI=1S/C13H11O2/c14-10-11-6-8-13(9-7-11)15-12-4-2-1-3-5-12/h1-2,4-9,14H,10H2. The van der Waals surface area contributed by atoms with Crippen LogP contribution >= 0.6 is 0 Å². The summed E-state index contributed by atoms with van der Waals surface area (Å²) in [5, 5.41) is 8.87. The quantitative estimate of drug-likeness (QED) is 0.823. The maximum absolute atomic E-state index is 8.87. The molecule has 0 spiro atoms. The number of aliphatic hydroxyl groups excluding tert-OH is 1. The lowest BCUT2D eigenvalue weighted by Crippen LogP contribution is -1.85. The van der Waals surface area contributed by atoms with Crippen molar-refractivity contribution in [2.75, 3.05) is 0 Å². The van der Waals surface area contributed by atoms with Gasteiger partial charge in [-0.05, 0) is 35.9 Å². The van der Waals surface area contributed by atoms with Crippen LogP contribution in [-0.2, 0) is 6.61 Å². The van der Waals surface area contributed by atoms with Crippen molar-refractivity contribution in [3.8, 4) is 11.5 Å². The zero-order valence-corrected chi connectivity index (χ0v) is 8.18. The van der Waals surface area contributed by atoms with Gasteiger partial charge in [0.05, 0.1) is 6.61 Å². The van der Waals surface area contributed by atoms with Crippen molar-refractivity contribution >= 4 is 0 Å². The Morgan fingerprint density at radius 3 is 2.47 bits per heavy atom. The predicted octanol–water partition coefficient (Wildman–Crippen LogP) is 2.77. The Hall–Kier alpha value is -1.80. The van der Waals surface area contributed by atoms with Crippen molar-refractivity contribution in [2.24, 2.45) is 0 Å². The number of benzene rings is 2. The van der Waals surface area contributed by atoms with Gasteiger partial charge < -0.3 is 9.84 Å². The third-order valence-corrected chi connectivity index (χ3v) is 2.02. The van der Waals surface area contributed by atoms with E-state index >= 15 is 0 Å². The number of hydrogen-bond acceptors (Lipinski definition) is 2. The fourth-order valence-electron chi connectivity index (χ4n) is 1.24. The minimum absolute atomic E-state index is 0.0550. The first-order valence-electron chi connectivity index (χ1n) is 4.72. The molecule has 0 aliphatic heterocycles. The van der Waals surface area contributed by atoms with Crippen molar-refractivity contribution in [1.29, 1.82) is 0 Å². The number of ether oxygens (including phenoxy) is 1. The van der Waals surface area contributed by atoms with E-state index in [0.717, 1.165) is 17.1 Å². The maximum atomic E-state index is 8.87. The molecule has 2 nitrogen and oxygen atoms in total. The summed E-state index contributed by atoms with van der Waals surface area (Å²) >= 11 is 0. The van der Waals surface area contributed by atoms with Gasteiger partial charge in [-0.15, -0.1) is 0 Å². The molecule has 15 heavy (non-hydrogen) atoms. The summed E-state index contributed by atoms with van der Waals surface area (Å²) in [6.07, 6.45) is 0. The summed E-state index contributed by atoms with van der Waals surface area (Å²) in [4.78, 5) is 0. The summed E-state index contributed by atoms with van der Waals surface area (Å²) < 4.78 is 5.56. The molecular formula is C13H11O2. The minimum Gasteiger partial charge on any atom is -0.457 e. The fourth-order valence-corrected chi connectivity index (χ4v) is 1.24. The van der Waals surface area contributed by atoms with Gasteiger partial charge >= 0.3 is 0 Å². The molecule has 2 rings (SSSR count). The summed E-state index contributed by atoms with van der Waals surface area (Å²) in [6, 6.07) is 17.6. The van der Waals surface area contributed by atoms with Gasteiger partial charge in [0, 0.05) is 0 Å². The first-order valence-corrected chi connectivity index (χ1v) is 4.72. The molecule has 2 heteroatoms. The Kier molecular flexibility index (Phi) is 3.00. The second kappa shape index (κ2) is 4.62. The molecule has 1 radical (unpaired) electrons. The second-order valence-electron chi connectivity index (χ2n) is 3.14. The topological polar surface area (TPSA) is 29.5 Å². The molecule has 0 unspecified atom stereocenters. The second-order valence-corrected chi connectivity index (χ2v) is 3.14. The molecule has 0 aliphatic carbocycles. The fraction of sp³-hybridized carbons (Fsp3) is 0.0769. The highest BCUT2D eigenvalue weighted by Crippen LogP contribution is 2.20. The van der Waals surface area contributed by atoms with Crippen LogP contribution in [0.2, 0.25) is 0 Å². The van der Waals surface area contributed by atoms with Crippen LogP contribution in [-0.4, -0.2) is 5.11 Å². The van der Waals surface area contributed by atoms with Crippen LogP contribution in [0.4, 0.5) is 0 Å². The molecule has 2 aromatic rings. The van der Waals surface area contributed by atoms with Gasteiger partial charge in [0.15, 0.2) is 0 Å². The van der Waals surface area contributed by atoms with E-state index < -0.39 is 0 Å². The molecule has 0 bridgehead atoms. The van der Waals surface area contributed by atoms with Crippen LogP contribution in [0.25, 0.3) is 0 Å². The zero-order valence-electron chi connectivity index (χ0n) is 8.18. The van der Waals surface area contributed by atoms with E-state index in [1.807, 2.05) is 42.5 Å². The molecule has 2 aromatic carbocycles. The lowest BCUT2D eigenvalue weighted by atomic mass is 10.2. The van der Waals surface area contributed by atoms with Crippen LogP contribution in [0.3, 0.4) is 0 Å². The van der Waals surface area contributed by atoms with E-state index in [-0.39, 0.29) is 6.61 Å². The van der Waals surface area contributed by atoms with E-state index in [0.29, 0.717) is 0 Å². The summed E-state index contributed by atoms with van der Waals surface area (Å²) in [5.74, 6) is 1.51. The monoisotopic (exact) mass is 199 g/mol. The molecule has 0 atom stereocenters. The highest BCUT2D eigenvalue weighted by atomic mass is 16.5. The summed E-state index contributed by atoms with van der Waals surface area (Å²) in [6.45, 7) is 0.0550.